The van der Waals surface area contributed by atoms with Crippen molar-refractivity contribution in [3.8, 4) is 11.5 Å². The van der Waals surface area contributed by atoms with Crippen LogP contribution >= 0.6 is 0 Å². The molecule has 0 atom stereocenters. The average molecular weight is 418 g/mol. The molecule has 0 bridgehead atoms. The zero-order valence-electron chi connectivity index (χ0n) is 17.0. The molecule has 0 aliphatic carbocycles. The molecule has 0 saturated carbocycles. The summed E-state index contributed by atoms with van der Waals surface area (Å²) in [4.78, 5) is 28.9. The molecule has 3 rings (SSSR count). The predicted octanol–water partition coefficient (Wildman–Crippen LogP) is 1.90. The molecule has 30 heavy (non-hydrogen) atoms. The highest BCUT2D eigenvalue weighted by Crippen LogP contribution is 2.20. The van der Waals surface area contributed by atoms with Gasteiger partial charge < -0.3 is 29.7 Å². The van der Waals surface area contributed by atoms with Crippen LogP contribution in [0.3, 0.4) is 0 Å². The molecular formula is C20H26N4O6. The first kappa shape index (κ1) is 21.7. The predicted molar refractivity (Wildman–Crippen MR) is 106 cm³/mol. The van der Waals surface area contributed by atoms with Crippen molar-refractivity contribution in [3.63, 3.8) is 0 Å². The molecule has 0 spiro atoms. The molecule has 1 aliphatic heterocycles. The van der Waals surface area contributed by atoms with Gasteiger partial charge in [0, 0.05) is 24.2 Å². The first-order chi connectivity index (χ1) is 14.3. The van der Waals surface area contributed by atoms with Gasteiger partial charge in [-0.1, -0.05) is 5.16 Å². The Labute approximate surface area is 173 Å². The van der Waals surface area contributed by atoms with Gasteiger partial charge >= 0.3 is 6.09 Å². The van der Waals surface area contributed by atoms with Gasteiger partial charge in [-0.05, 0) is 51.0 Å². The highest BCUT2D eigenvalue weighted by Gasteiger charge is 2.23. The molecule has 10 nitrogen and oxygen atoms in total. The number of hydrogen-bond acceptors (Lipinski definition) is 7. The number of aromatic nitrogens is 2. The number of benzene rings is 1. The molecule has 1 aromatic carbocycles. The maximum atomic E-state index is 12.2. The fourth-order valence-electron chi connectivity index (χ4n) is 3.02. The van der Waals surface area contributed by atoms with E-state index >= 15 is 0 Å². The summed E-state index contributed by atoms with van der Waals surface area (Å²) in [5.74, 6) is 0.434. The van der Waals surface area contributed by atoms with E-state index in [1.165, 1.54) is 4.90 Å². The quantitative estimate of drug-likeness (QED) is 0.620. The van der Waals surface area contributed by atoms with Crippen LogP contribution in [0.25, 0.3) is 11.5 Å². The number of amides is 2. The number of likely N-dealkylation sites (tertiary alicyclic amines) is 1. The highest BCUT2D eigenvalue weighted by molar-refractivity contribution is 5.95. The van der Waals surface area contributed by atoms with Crippen molar-refractivity contribution in [2.24, 2.45) is 0 Å². The summed E-state index contributed by atoms with van der Waals surface area (Å²) in [6, 6.07) is 6.71. The van der Waals surface area contributed by atoms with E-state index in [0.29, 0.717) is 48.8 Å². The lowest BCUT2D eigenvalue weighted by Gasteiger charge is -2.29. The first-order valence-electron chi connectivity index (χ1n) is 9.73. The minimum absolute atomic E-state index is 0.0384. The Balaban J connectivity index is 1.53. The van der Waals surface area contributed by atoms with E-state index in [9.17, 15) is 14.7 Å². The van der Waals surface area contributed by atoms with Crippen molar-refractivity contribution in [1.29, 1.82) is 0 Å². The molecule has 1 aliphatic rings. The molecule has 2 aromatic rings. The summed E-state index contributed by atoms with van der Waals surface area (Å²) in [5.41, 5.74) is 0.416. The summed E-state index contributed by atoms with van der Waals surface area (Å²) in [6.45, 7) is 4.38. The smallest absolute Gasteiger partial charge is 0.407 e. The number of aliphatic hydroxyl groups excluding tert-OH is 1. The van der Waals surface area contributed by atoms with E-state index in [-0.39, 0.29) is 25.2 Å². The van der Waals surface area contributed by atoms with Gasteiger partial charge in [-0.25, -0.2) is 4.79 Å². The molecule has 2 amide bonds. The van der Waals surface area contributed by atoms with Crippen LogP contribution < -0.4 is 5.32 Å². The second kappa shape index (κ2) is 9.23. The van der Waals surface area contributed by atoms with Crippen LogP contribution in [-0.2, 0) is 11.3 Å². The Morgan fingerprint density at radius 1 is 1.27 bits per heavy atom. The molecule has 1 fully saturated rings. The molecule has 2 heterocycles. The van der Waals surface area contributed by atoms with Gasteiger partial charge in [-0.2, -0.15) is 4.98 Å². The van der Waals surface area contributed by atoms with Gasteiger partial charge in [0.25, 0.3) is 11.8 Å². The van der Waals surface area contributed by atoms with Crippen molar-refractivity contribution in [1.82, 2.24) is 20.4 Å². The van der Waals surface area contributed by atoms with E-state index in [4.69, 9.17) is 14.4 Å². The Bertz CT molecular complexity index is 872. The normalized spacial score (nSPS) is 15.2. The topological polar surface area (TPSA) is 138 Å². The largest absolute Gasteiger partial charge is 0.465 e. The van der Waals surface area contributed by atoms with Gasteiger partial charge in [0.1, 0.15) is 6.61 Å². The summed E-state index contributed by atoms with van der Waals surface area (Å²) in [5, 5.41) is 24.9. The summed E-state index contributed by atoms with van der Waals surface area (Å²) < 4.78 is 11.1. The van der Waals surface area contributed by atoms with Crippen molar-refractivity contribution in [3.05, 3.63) is 35.7 Å². The van der Waals surface area contributed by atoms with E-state index in [1.54, 1.807) is 38.1 Å². The zero-order valence-corrected chi connectivity index (χ0v) is 17.0. The lowest BCUT2D eigenvalue weighted by Crippen LogP contribution is -2.46. The van der Waals surface area contributed by atoms with Crippen molar-refractivity contribution in [2.45, 2.75) is 44.9 Å². The fraction of sp³-hybridized carbons (Fsp3) is 0.500. The van der Waals surface area contributed by atoms with Crippen LogP contribution in [0.4, 0.5) is 4.79 Å². The molecule has 1 aromatic heterocycles. The molecule has 10 heteroatoms. The number of carboxylic acid groups (broad SMARTS) is 1. The maximum Gasteiger partial charge on any atom is 0.407 e. The van der Waals surface area contributed by atoms with E-state index in [0.717, 1.165) is 0 Å². The molecule has 1 saturated heterocycles. The maximum absolute atomic E-state index is 12.2. The number of carbonyl (C=O) groups is 2. The lowest BCUT2D eigenvalue weighted by molar-refractivity contribution is -0.00295. The highest BCUT2D eigenvalue weighted by atomic mass is 16.5. The fourth-order valence-corrected chi connectivity index (χ4v) is 3.02. The van der Waals surface area contributed by atoms with E-state index in [1.807, 2.05) is 0 Å². The Morgan fingerprint density at radius 3 is 2.53 bits per heavy atom. The number of aliphatic hydroxyl groups is 1. The minimum atomic E-state index is -0.906. The SMILES string of the molecule is CC(C)(CO)NC(=O)c1ccc(-c2nc(COC3CCN(C(=O)O)CC3)no2)cc1. The molecule has 0 radical (unpaired) electrons. The van der Waals surface area contributed by atoms with Crippen LogP contribution in [0.5, 0.6) is 0 Å². The van der Waals surface area contributed by atoms with Crippen LogP contribution in [0.15, 0.2) is 28.8 Å². The Hall–Kier alpha value is -2.98. The summed E-state index contributed by atoms with van der Waals surface area (Å²) in [7, 11) is 0. The van der Waals surface area contributed by atoms with Crippen LogP contribution in [-0.4, -0.2) is 68.6 Å². The van der Waals surface area contributed by atoms with Crippen molar-refractivity contribution < 1.29 is 29.1 Å². The van der Waals surface area contributed by atoms with Gasteiger partial charge in [-0.15, -0.1) is 0 Å². The van der Waals surface area contributed by atoms with Gasteiger partial charge in [-0.3, -0.25) is 4.79 Å². The summed E-state index contributed by atoms with van der Waals surface area (Å²) in [6.07, 6.45) is 0.321. The Morgan fingerprint density at radius 2 is 1.93 bits per heavy atom. The van der Waals surface area contributed by atoms with Crippen LogP contribution in [0, 0.1) is 0 Å². The number of piperidine rings is 1. The molecule has 162 valence electrons. The average Bonchev–Trinajstić information content (AvgIpc) is 3.21. The van der Waals surface area contributed by atoms with Crippen molar-refractivity contribution in [2.75, 3.05) is 19.7 Å². The second-order valence-electron chi connectivity index (χ2n) is 7.87. The number of nitrogens with zero attached hydrogens (tertiary/aromatic N) is 3. The first-order valence-corrected chi connectivity index (χ1v) is 9.73. The number of hydrogen-bond donors (Lipinski definition) is 3. The van der Waals surface area contributed by atoms with Gasteiger partial charge in [0.15, 0.2) is 5.82 Å². The van der Waals surface area contributed by atoms with Crippen molar-refractivity contribution >= 4 is 12.0 Å². The van der Waals surface area contributed by atoms with Crippen LogP contribution in [0.2, 0.25) is 0 Å². The van der Waals surface area contributed by atoms with Gasteiger partial charge in [0.05, 0.1) is 18.2 Å². The standard InChI is InChI=1S/C20H26N4O6/c1-20(2,12-25)22-17(26)13-3-5-14(6-4-13)18-21-16(23-30-18)11-29-15-7-9-24(10-8-15)19(27)28/h3-6,15,25H,7-12H2,1-2H3,(H,22,26)(H,27,28). The monoisotopic (exact) mass is 418 g/mol. The minimum Gasteiger partial charge on any atom is -0.465 e. The third-order valence-corrected chi connectivity index (χ3v) is 4.87. The lowest BCUT2D eigenvalue weighted by atomic mass is 10.1. The number of ether oxygens (including phenoxy) is 1. The molecule has 0 unspecified atom stereocenters. The van der Waals surface area contributed by atoms with E-state index in [2.05, 4.69) is 15.5 Å². The van der Waals surface area contributed by atoms with Crippen LogP contribution in [0.1, 0.15) is 42.9 Å². The molecular weight excluding hydrogens is 392 g/mol. The second-order valence-corrected chi connectivity index (χ2v) is 7.87. The van der Waals surface area contributed by atoms with E-state index < -0.39 is 11.6 Å². The number of rotatable bonds is 7. The van der Waals surface area contributed by atoms with Gasteiger partial charge in [0.2, 0.25) is 0 Å². The Kier molecular flexibility index (Phi) is 6.68. The molecule has 3 N–H and O–H groups in total. The number of nitrogens with one attached hydrogen (secondary N) is 1. The number of carbonyl (C=O) groups excluding carboxylic acids is 1. The zero-order chi connectivity index (χ0) is 21.7. The third-order valence-electron chi connectivity index (χ3n) is 4.87. The summed E-state index contributed by atoms with van der Waals surface area (Å²) >= 11 is 0. The third kappa shape index (κ3) is 5.55.